The third-order valence-electron chi connectivity index (χ3n) is 3.42. The highest BCUT2D eigenvalue weighted by molar-refractivity contribution is 7.12. The second-order valence-corrected chi connectivity index (χ2v) is 6.51. The van der Waals surface area contributed by atoms with Gasteiger partial charge in [-0.05, 0) is 55.6 Å². The van der Waals surface area contributed by atoms with Gasteiger partial charge in [0.2, 0.25) is 5.95 Å². The number of nitrogens with zero attached hydrogens (tertiary/aromatic N) is 2. The Balaban J connectivity index is 1.59. The summed E-state index contributed by atoms with van der Waals surface area (Å²) in [6.45, 7) is 3.70. The van der Waals surface area contributed by atoms with Gasteiger partial charge in [-0.2, -0.15) is 0 Å². The summed E-state index contributed by atoms with van der Waals surface area (Å²) in [5.41, 5.74) is 7.92. The van der Waals surface area contributed by atoms with Gasteiger partial charge in [-0.3, -0.25) is 20.4 Å². The van der Waals surface area contributed by atoms with Crippen LogP contribution in [-0.2, 0) is 0 Å². The molecule has 0 unspecified atom stereocenters. The first-order valence-electron chi connectivity index (χ1n) is 7.85. The summed E-state index contributed by atoms with van der Waals surface area (Å²) in [6, 6.07) is 12.0. The molecule has 0 spiro atoms. The number of hydrazine groups is 1. The van der Waals surface area contributed by atoms with Crippen molar-refractivity contribution in [2.75, 3.05) is 10.7 Å². The molecule has 3 rings (SSSR count). The van der Waals surface area contributed by atoms with Crippen LogP contribution in [0.4, 0.5) is 11.6 Å². The number of nitrogens with one attached hydrogen (secondary N) is 3. The van der Waals surface area contributed by atoms with Crippen LogP contribution in [0.1, 0.15) is 31.4 Å². The zero-order chi connectivity index (χ0) is 18.5. The molecule has 7 nitrogen and oxygen atoms in total. The molecule has 0 aliphatic carbocycles. The Morgan fingerprint density at radius 1 is 0.962 bits per heavy atom. The van der Waals surface area contributed by atoms with Crippen LogP contribution in [0.15, 0.2) is 47.8 Å². The lowest BCUT2D eigenvalue weighted by atomic mass is 10.2. The Labute approximate surface area is 154 Å². The van der Waals surface area contributed by atoms with Crippen molar-refractivity contribution in [3.8, 4) is 0 Å². The van der Waals surface area contributed by atoms with E-state index in [9.17, 15) is 9.59 Å². The SMILES string of the molecule is Cc1cc(C)nc(NNC(=O)c2ccc(NC(=O)c3cccs3)cc2)n1. The highest BCUT2D eigenvalue weighted by atomic mass is 32.1. The molecule has 2 heterocycles. The van der Waals surface area contributed by atoms with E-state index in [4.69, 9.17) is 0 Å². The third kappa shape index (κ3) is 4.42. The van der Waals surface area contributed by atoms with Gasteiger partial charge < -0.3 is 5.32 Å². The first-order chi connectivity index (χ1) is 12.5. The minimum Gasteiger partial charge on any atom is -0.321 e. The van der Waals surface area contributed by atoms with Crippen LogP contribution >= 0.6 is 11.3 Å². The van der Waals surface area contributed by atoms with E-state index in [-0.39, 0.29) is 11.8 Å². The fourth-order valence-corrected chi connectivity index (χ4v) is 2.89. The third-order valence-corrected chi connectivity index (χ3v) is 4.29. The summed E-state index contributed by atoms with van der Waals surface area (Å²) in [5, 5.41) is 4.63. The van der Waals surface area contributed by atoms with Crippen LogP contribution < -0.4 is 16.2 Å². The number of carbonyl (C=O) groups excluding carboxylic acids is 2. The molecule has 1 aromatic carbocycles. The minimum absolute atomic E-state index is 0.175. The Kier molecular flexibility index (Phi) is 5.23. The number of aromatic nitrogens is 2. The number of amides is 2. The van der Waals surface area contributed by atoms with E-state index in [0.717, 1.165) is 11.4 Å². The summed E-state index contributed by atoms with van der Waals surface area (Å²) in [6.07, 6.45) is 0. The number of rotatable bonds is 5. The summed E-state index contributed by atoms with van der Waals surface area (Å²) >= 11 is 1.37. The van der Waals surface area contributed by atoms with Crippen LogP contribution in [0.3, 0.4) is 0 Å². The number of anilines is 2. The summed E-state index contributed by atoms with van der Waals surface area (Å²) in [7, 11) is 0. The average Bonchev–Trinajstić information content (AvgIpc) is 3.14. The number of aryl methyl sites for hydroxylation is 2. The van der Waals surface area contributed by atoms with Gasteiger partial charge in [0.15, 0.2) is 0 Å². The highest BCUT2D eigenvalue weighted by Gasteiger charge is 2.09. The molecule has 0 saturated heterocycles. The van der Waals surface area contributed by atoms with E-state index >= 15 is 0 Å². The Hall–Kier alpha value is -3.26. The number of thiophene rings is 1. The molecule has 0 saturated carbocycles. The number of carbonyl (C=O) groups is 2. The van der Waals surface area contributed by atoms with Crippen molar-refractivity contribution >= 4 is 34.8 Å². The maximum atomic E-state index is 12.2. The normalized spacial score (nSPS) is 10.2. The number of hydrogen-bond donors (Lipinski definition) is 3. The Bertz CT molecular complexity index is 903. The molecule has 3 N–H and O–H groups in total. The van der Waals surface area contributed by atoms with E-state index < -0.39 is 0 Å². The molecule has 3 aromatic rings. The van der Waals surface area contributed by atoms with Crippen LogP contribution in [-0.4, -0.2) is 21.8 Å². The topological polar surface area (TPSA) is 96.0 Å². The van der Waals surface area contributed by atoms with Gasteiger partial charge in [0, 0.05) is 22.6 Å². The molecule has 2 aromatic heterocycles. The lowest BCUT2D eigenvalue weighted by Gasteiger charge is -2.09. The molecule has 0 aliphatic rings. The van der Waals surface area contributed by atoms with E-state index in [1.807, 2.05) is 31.4 Å². The highest BCUT2D eigenvalue weighted by Crippen LogP contribution is 2.14. The molecule has 0 atom stereocenters. The molecule has 8 heteroatoms. The number of benzene rings is 1. The standard InChI is InChI=1S/C18H17N5O2S/c1-11-10-12(2)20-18(19-11)23-22-16(24)13-5-7-14(8-6-13)21-17(25)15-4-3-9-26-15/h3-10H,1-2H3,(H,21,25)(H,22,24)(H,19,20,23). The summed E-state index contributed by atoms with van der Waals surface area (Å²) < 4.78 is 0. The van der Waals surface area contributed by atoms with E-state index in [1.165, 1.54) is 11.3 Å². The number of hydrogen-bond acceptors (Lipinski definition) is 6. The fourth-order valence-electron chi connectivity index (χ4n) is 2.27. The molecule has 26 heavy (non-hydrogen) atoms. The largest absolute Gasteiger partial charge is 0.321 e. The van der Waals surface area contributed by atoms with Gasteiger partial charge in [0.25, 0.3) is 11.8 Å². The van der Waals surface area contributed by atoms with Gasteiger partial charge >= 0.3 is 0 Å². The second kappa shape index (κ2) is 7.75. The smallest absolute Gasteiger partial charge is 0.269 e. The van der Waals surface area contributed by atoms with Crippen molar-refractivity contribution in [1.29, 1.82) is 0 Å². The molecule has 0 radical (unpaired) electrons. The molecular formula is C18H17N5O2S. The van der Waals surface area contributed by atoms with Crippen molar-refractivity contribution in [3.05, 3.63) is 69.7 Å². The molecule has 2 amide bonds. The lowest BCUT2D eigenvalue weighted by molar-refractivity contribution is 0.0961. The monoisotopic (exact) mass is 367 g/mol. The molecule has 0 aliphatic heterocycles. The molecule has 0 bridgehead atoms. The predicted molar refractivity (Wildman–Crippen MR) is 101 cm³/mol. The van der Waals surface area contributed by atoms with Crippen LogP contribution in [0.2, 0.25) is 0 Å². The quantitative estimate of drug-likeness (QED) is 0.602. The van der Waals surface area contributed by atoms with Gasteiger partial charge in [0.05, 0.1) is 4.88 Å². The van der Waals surface area contributed by atoms with Crippen LogP contribution in [0.25, 0.3) is 0 Å². The zero-order valence-electron chi connectivity index (χ0n) is 14.2. The first-order valence-corrected chi connectivity index (χ1v) is 8.73. The summed E-state index contributed by atoms with van der Waals surface area (Å²) in [4.78, 5) is 33.2. The molecular weight excluding hydrogens is 350 g/mol. The van der Waals surface area contributed by atoms with E-state index in [0.29, 0.717) is 22.1 Å². The zero-order valence-corrected chi connectivity index (χ0v) is 15.1. The second-order valence-electron chi connectivity index (χ2n) is 5.56. The first kappa shape index (κ1) is 17.6. The maximum absolute atomic E-state index is 12.2. The molecule has 132 valence electrons. The van der Waals surface area contributed by atoms with Gasteiger partial charge in [-0.15, -0.1) is 11.3 Å². The van der Waals surface area contributed by atoms with Crippen LogP contribution in [0.5, 0.6) is 0 Å². The predicted octanol–water partition coefficient (Wildman–Crippen LogP) is 3.16. The molecule has 0 fully saturated rings. The van der Waals surface area contributed by atoms with Crippen molar-refractivity contribution in [2.45, 2.75) is 13.8 Å². The Morgan fingerprint density at radius 2 is 1.65 bits per heavy atom. The minimum atomic E-state index is -0.330. The lowest BCUT2D eigenvalue weighted by Crippen LogP contribution is -2.30. The van der Waals surface area contributed by atoms with E-state index in [1.54, 1.807) is 30.3 Å². The van der Waals surface area contributed by atoms with Crippen LogP contribution in [0, 0.1) is 13.8 Å². The van der Waals surface area contributed by atoms with E-state index in [2.05, 4.69) is 26.1 Å². The van der Waals surface area contributed by atoms with Gasteiger partial charge in [0.1, 0.15) is 0 Å². The van der Waals surface area contributed by atoms with Crippen molar-refractivity contribution in [2.24, 2.45) is 0 Å². The van der Waals surface area contributed by atoms with Crippen molar-refractivity contribution < 1.29 is 9.59 Å². The van der Waals surface area contributed by atoms with Gasteiger partial charge in [-0.25, -0.2) is 9.97 Å². The van der Waals surface area contributed by atoms with Crippen molar-refractivity contribution in [1.82, 2.24) is 15.4 Å². The Morgan fingerprint density at radius 3 is 2.27 bits per heavy atom. The average molecular weight is 367 g/mol. The van der Waals surface area contributed by atoms with Gasteiger partial charge in [-0.1, -0.05) is 6.07 Å². The maximum Gasteiger partial charge on any atom is 0.269 e. The summed E-state index contributed by atoms with van der Waals surface area (Å²) in [5.74, 6) is -0.176. The van der Waals surface area contributed by atoms with Crippen molar-refractivity contribution in [3.63, 3.8) is 0 Å². The fraction of sp³-hybridized carbons (Fsp3) is 0.111.